The van der Waals surface area contributed by atoms with Gasteiger partial charge in [-0.05, 0) is 24.4 Å². The average Bonchev–Trinajstić information content (AvgIpc) is 2.31. The summed E-state index contributed by atoms with van der Waals surface area (Å²) in [5.74, 6) is 1.18. The number of nitrogens with one attached hydrogen (secondary N) is 1. The Morgan fingerprint density at radius 1 is 1.00 bits per heavy atom. The van der Waals surface area contributed by atoms with Crippen LogP contribution in [0.2, 0.25) is 5.28 Å². The summed E-state index contributed by atoms with van der Waals surface area (Å²) in [6.07, 6.45) is 8.95. The van der Waals surface area contributed by atoms with Gasteiger partial charge >= 0.3 is 0 Å². The molecule has 0 aromatic carbocycles. The molecule has 0 unspecified atom stereocenters. The molecule has 1 fully saturated rings. The molecule has 0 radical (unpaired) electrons. The number of anilines is 2. The van der Waals surface area contributed by atoms with Crippen molar-refractivity contribution in [2.45, 2.75) is 51.0 Å². The third-order valence-corrected chi connectivity index (χ3v) is 3.60. The monoisotopic (exact) mass is 283 g/mol. The molecule has 1 aromatic rings. The molecule has 19 heavy (non-hydrogen) atoms. The number of aromatic nitrogens is 3. The van der Waals surface area contributed by atoms with Crippen LogP contribution in [0.1, 0.15) is 44.9 Å². The fraction of sp³-hybridized carbons (Fsp3) is 0.769. The molecule has 0 spiro atoms. The number of nitrogens with zero attached hydrogens (tertiary/aromatic N) is 4. The van der Waals surface area contributed by atoms with E-state index in [1.54, 1.807) is 0 Å². The normalized spacial score (nSPS) is 17.6. The smallest absolute Gasteiger partial charge is 0.230 e. The summed E-state index contributed by atoms with van der Waals surface area (Å²) in [6.45, 7) is 0. The molecule has 0 bridgehead atoms. The van der Waals surface area contributed by atoms with E-state index in [9.17, 15) is 0 Å². The second-order valence-corrected chi connectivity index (χ2v) is 5.65. The summed E-state index contributed by atoms with van der Waals surface area (Å²) < 4.78 is 0. The second-order valence-electron chi connectivity index (χ2n) is 5.31. The van der Waals surface area contributed by atoms with Crippen LogP contribution >= 0.6 is 11.6 Å². The van der Waals surface area contributed by atoms with Crippen LogP contribution in [0.4, 0.5) is 11.9 Å². The molecule has 106 valence electrons. The van der Waals surface area contributed by atoms with Gasteiger partial charge in [-0.25, -0.2) is 0 Å². The molecular weight excluding hydrogens is 262 g/mol. The third kappa shape index (κ3) is 4.49. The third-order valence-electron chi connectivity index (χ3n) is 3.43. The van der Waals surface area contributed by atoms with E-state index in [2.05, 4.69) is 20.3 Å². The van der Waals surface area contributed by atoms with Gasteiger partial charge in [-0.2, -0.15) is 15.0 Å². The van der Waals surface area contributed by atoms with E-state index in [4.69, 9.17) is 11.6 Å². The van der Waals surface area contributed by atoms with E-state index in [0.29, 0.717) is 17.9 Å². The standard InChI is InChI=1S/C13H22ClN5/c1-19(2)13-17-11(14)16-12(18-13)15-10-8-6-4-3-5-7-9-10/h10H,3-9H2,1-2H3,(H,15,16,17,18). The topological polar surface area (TPSA) is 53.9 Å². The van der Waals surface area contributed by atoms with Gasteiger partial charge in [-0.15, -0.1) is 0 Å². The molecular formula is C13H22ClN5. The van der Waals surface area contributed by atoms with Crippen molar-refractivity contribution in [2.24, 2.45) is 0 Å². The second kappa shape index (κ2) is 6.89. The summed E-state index contributed by atoms with van der Waals surface area (Å²) in [4.78, 5) is 14.5. The zero-order valence-corrected chi connectivity index (χ0v) is 12.4. The largest absolute Gasteiger partial charge is 0.351 e. The van der Waals surface area contributed by atoms with Gasteiger partial charge in [0, 0.05) is 20.1 Å². The van der Waals surface area contributed by atoms with Crippen LogP contribution < -0.4 is 10.2 Å². The molecule has 1 heterocycles. The Balaban J connectivity index is 2.04. The first-order chi connectivity index (χ1) is 9.15. The maximum atomic E-state index is 5.94. The minimum Gasteiger partial charge on any atom is -0.351 e. The van der Waals surface area contributed by atoms with Gasteiger partial charge in [0.1, 0.15) is 0 Å². The molecule has 5 nitrogen and oxygen atoms in total. The summed E-state index contributed by atoms with van der Waals surface area (Å²) in [7, 11) is 3.79. The maximum Gasteiger partial charge on any atom is 0.230 e. The Labute approximate surface area is 119 Å². The summed E-state index contributed by atoms with van der Waals surface area (Å²) >= 11 is 5.94. The lowest BCUT2D eigenvalue weighted by molar-refractivity contribution is 0.470. The van der Waals surface area contributed by atoms with Gasteiger partial charge in [0.05, 0.1) is 0 Å². The molecule has 0 atom stereocenters. The fourth-order valence-corrected chi connectivity index (χ4v) is 2.54. The fourth-order valence-electron chi connectivity index (χ4n) is 2.39. The van der Waals surface area contributed by atoms with E-state index < -0.39 is 0 Å². The van der Waals surface area contributed by atoms with E-state index in [1.807, 2.05) is 19.0 Å². The van der Waals surface area contributed by atoms with Crippen molar-refractivity contribution in [1.82, 2.24) is 15.0 Å². The first kappa shape index (κ1) is 14.3. The van der Waals surface area contributed by atoms with Crippen LogP contribution in [0, 0.1) is 0 Å². The SMILES string of the molecule is CN(C)c1nc(Cl)nc(NC2CCCCCCC2)n1. The quantitative estimate of drug-likeness (QED) is 0.924. The molecule has 1 aliphatic carbocycles. The molecule has 0 amide bonds. The van der Waals surface area contributed by atoms with E-state index in [1.165, 1.54) is 44.9 Å². The highest BCUT2D eigenvalue weighted by molar-refractivity contribution is 6.28. The van der Waals surface area contributed by atoms with Crippen LogP contribution in [-0.4, -0.2) is 35.1 Å². The number of rotatable bonds is 3. The van der Waals surface area contributed by atoms with Gasteiger partial charge in [0.25, 0.3) is 0 Å². The number of halogens is 1. The Kier molecular flexibility index (Phi) is 5.19. The Morgan fingerprint density at radius 2 is 1.63 bits per heavy atom. The summed E-state index contributed by atoms with van der Waals surface area (Å²) in [6, 6.07) is 0.453. The lowest BCUT2D eigenvalue weighted by atomic mass is 9.97. The molecule has 1 saturated carbocycles. The first-order valence-electron chi connectivity index (χ1n) is 7.00. The van der Waals surface area contributed by atoms with Crippen molar-refractivity contribution in [3.63, 3.8) is 0 Å². The van der Waals surface area contributed by atoms with Gasteiger partial charge in [-0.3, -0.25) is 0 Å². The molecule has 1 aliphatic rings. The van der Waals surface area contributed by atoms with Crippen molar-refractivity contribution in [2.75, 3.05) is 24.3 Å². The van der Waals surface area contributed by atoms with Gasteiger partial charge < -0.3 is 10.2 Å². The van der Waals surface area contributed by atoms with E-state index in [0.717, 1.165) is 0 Å². The van der Waals surface area contributed by atoms with Gasteiger partial charge in [0.15, 0.2) is 0 Å². The van der Waals surface area contributed by atoms with Crippen molar-refractivity contribution in [3.05, 3.63) is 5.28 Å². The molecule has 1 aromatic heterocycles. The number of hydrogen-bond acceptors (Lipinski definition) is 5. The molecule has 6 heteroatoms. The zero-order chi connectivity index (χ0) is 13.7. The minimum absolute atomic E-state index is 0.243. The summed E-state index contributed by atoms with van der Waals surface area (Å²) in [5.41, 5.74) is 0. The Morgan fingerprint density at radius 3 is 2.26 bits per heavy atom. The van der Waals surface area contributed by atoms with Crippen molar-refractivity contribution < 1.29 is 0 Å². The highest BCUT2D eigenvalue weighted by Gasteiger charge is 2.14. The van der Waals surface area contributed by atoms with Crippen LogP contribution in [0.25, 0.3) is 0 Å². The summed E-state index contributed by atoms with van der Waals surface area (Å²) in [5, 5.41) is 3.65. The van der Waals surface area contributed by atoms with Gasteiger partial charge in [-0.1, -0.05) is 32.1 Å². The van der Waals surface area contributed by atoms with Crippen LogP contribution in [-0.2, 0) is 0 Å². The van der Waals surface area contributed by atoms with Crippen molar-refractivity contribution in [3.8, 4) is 0 Å². The Bertz CT molecular complexity index is 402. The lowest BCUT2D eigenvalue weighted by Gasteiger charge is -2.21. The van der Waals surface area contributed by atoms with Crippen LogP contribution in [0.15, 0.2) is 0 Å². The Hall–Kier alpha value is -1.10. The van der Waals surface area contributed by atoms with Crippen LogP contribution in [0.3, 0.4) is 0 Å². The van der Waals surface area contributed by atoms with Crippen molar-refractivity contribution >= 4 is 23.5 Å². The van der Waals surface area contributed by atoms with E-state index >= 15 is 0 Å². The maximum absolute atomic E-state index is 5.94. The predicted molar refractivity (Wildman–Crippen MR) is 78.9 cm³/mol. The van der Waals surface area contributed by atoms with Gasteiger partial charge in [0.2, 0.25) is 17.2 Å². The molecule has 0 aliphatic heterocycles. The highest BCUT2D eigenvalue weighted by atomic mass is 35.5. The van der Waals surface area contributed by atoms with Crippen molar-refractivity contribution in [1.29, 1.82) is 0 Å². The number of hydrogen-bond donors (Lipinski definition) is 1. The lowest BCUT2D eigenvalue weighted by Crippen LogP contribution is -2.23. The average molecular weight is 284 g/mol. The molecule has 2 rings (SSSR count). The molecule has 1 N–H and O–H groups in total. The first-order valence-corrected chi connectivity index (χ1v) is 7.38. The minimum atomic E-state index is 0.243. The van der Waals surface area contributed by atoms with Crippen LogP contribution in [0.5, 0.6) is 0 Å². The highest BCUT2D eigenvalue weighted by Crippen LogP contribution is 2.20. The molecule has 0 saturated heterocycles. The predicted octanol–water partition coefficient (Wildman–Crippen LogP) is 3.12. The van der Waals surface area contributed by atoms with E-state index in [-0.39, 0.29) is 5.28 Å². The zero-order valence-electron chi connectivity index (χ0n) is 11.7.